The number of hydrogen-bond donors (Lipinski definition) is 1. The van der Waals surface area contributed by atoms with E-state index in [9.17, 15) is 9.59 Å². The number of hydrogen-bond acceptors (Lipinski definition) is 2. The number of nitrogens with one attached hydrogen (secondary N) is 1. The molecular weight excluding hydrogens is 240 g/mol. The average molecular weight is 266 g/mol. The number of nitrogens with zero attached hydrogens (tertiary/aromatic N) is 1. The molecule has 1 heterocycles. The molecule has 2 amide bonds. The molecule has 2 fully saturated rings. The van der Waals surface area contributed by atoms with Crippen LogP contribution in [-0.4, -0.2) is 34.3 Å². The van der Waals surface area contributed by atoms with Crippen LogP contribution in [0.1, 0.15) is 60.3 Å². The molecule has 0 aromatic carbocycles. The van der Waals surface area contributed by atoms with Gasteiger partial charge in [0.2, 0.25) is 11.8 Å². The molecule has 19 heavy (non-hydrogen) atoms. The highest BCUT2D eigenvalue weighted by Gasteiger charge is 2.51. The molecule has 0 spiro atoms. The minimum absolute atomic E-state index is 0.0216. The molecule has 3 unspecified atom stereocenters. The van der Waals surface area contributed by atoms with Gasteiger partial charge in [0.25, 0.3) is 0 Å². The fraction of sp³-hybridized carbons (Fsp3) is 0.867. The van der Waals surface area contributed by atoms with Gasteiger partial charge < -0.3 is 10.2 Å². The van der Waals surface area contributed by atoms with Crippen molar-refractivity contribution in [3.05, 3.63) is 0 Å². The van der Waals surface area contributed by atoms with Crippen LogP contribution in [0.25, 0.3) is 0 Å². The topological polar surface area (TPSA) is 49.4 Å². The van der Waals surface area contributed by atoms with E-state index in [1.165, 1.54) is 0 Å². The quantitative estimate of drug-likeness (QED) is 0.832. The summed E-state index contributed by atoms with van der Waals surface area (Å²) in [7, 11) is 0. The van der Waals surface area contributed by atoms with E-state index in [0.29, 0.717) is 6.42 Å². The van der Waals surface area contributed by atoms with Gasteiger partial charge >= 0.3 is 0 Å². The summed E-state index contributed by atoms with van der Waals surface area (Å²) in [5, 5.41) is 2.89. The van der Waals surface area contributed by atoms with Crippen molar-refractivity contribution in [2.45, 2.75) is 77.9 Å². The summed E-state index contributed by atoms with van der Waals surface area (Å²) in [6, 6.07) is -0.165. The SMILES string of the molecule is CCC1(C)NC(=O)C(C)N(C2CCCC2(C)C)C1=O. The molecule has 4 heteroatoms. The molecule has 3 atom stereocenters. The molecule has 1 saturated heterocycles. The van der Waals surface area contributed by atoms with Crippen molar-refractivity contribution in [1.29, 1.82) is 0 Å². The number of piperazine rings is 1. The van der Waals surface area contributed by atoms with Gasteiger partial charge in [0, 0.05) is 6.04 Å². The van der Waals surface area contributed by atoms with Crippen molar-refractivity contribution >= 4 is 11.8 Å². The first-order chi connectivity index (χ1) is 8.73. The van der Waals surface area contributed by atoms with Gasteiger partial charge in [0.05, 0.1) is 0 Å². The predicted molar refractivity (Wildman–Crippen MR) is 74.6 cm³/mol. The first-order valence-corrected chi connectivity index (χ1v) is 7.38. The normalized spacial score (nSPS) is 38.5. The Labute approximate surface area is 115 Å². The zero-order valence-electron chi connectivity index (χ0n) is 12.7. The standard InChI is InChI=1S/C15H26N2O2/c1-6-15(5)13(19)17(10(2)12(18)16-15)11-8-7-9-14(11,3)4/h10-11H,6-9H2,1-5H3,(H,16,18). The van der Waals surface area contributed by atoms with Gasteiger partial charge in [-0.05, 0) is 38.5 Å². The Morgan fingerprint density at radius 1 is 1.32 bits per heavy atom. The van der Waals surface area contributed by atoms with E-state index in [4.69, 9.17) is 0 Å². The number of rotatable bonds is 2. The van der Waals surface area contributed by atoms with Crippen molar-refractivity contribution in [1.82, 2.24) is 10.2 Å². The Bertz CT molecular complexity index is 405. The average Bonchev–Trinajstić information content (AvgIpc) is 2.67. The minimum Gasteiger partial charge on any atom is -0.340 e. The summed E-state index contributed by atoms with van der Waals surface area (Å²) in [6.45, 7) is 10.1. The van der Waals surface area contributed by atoms with Crippen molar-refractivity contribution in [3.63, 3.8) is 0 Å². The number of carbonyl (C=O) groups excluding carboxylic acids is 2. The molecular formula is C15H26N2O2. The van der Waals surface area contributed by atoms with E-state index in [2.05, 4.69) is 19.2 Å². The Balaban J connectivity index is 2.36. The van der Waals surface area contributed by atoms with Crippen molar-refractivity contribution in [2.24, 2.45) is 5.41 Å². The summed E-state index contributed by atoms with van der Waals surface area (Å²) in [5.74, 6) is 0.0636. The van der Waals surface area contributed by atoms with Gasteiger partial charge in [-0.3, -0.25) is 9.59 Å². The zero-order valence-corrected chi connectivity index (χ0v) is 12.7. The Hall–Kier alpha value is -1.06. The van der Waals surface area contributed by atoms with E-state index < -0.39 is 5.54 Å². The highest BCUT2D eigenvalue weighted by molar-refractivity contribution is 5.99. The molecule has 1 aliphatic carbocycles. The lowest BCUT2D eigenvalue weighted by Crippen LogP contribution is -2.71. The lowest BCUT2D eigenvalue weighted by molar-refractivity contribution is -0.158. The maximum absolute atomic E-state index is 12.8. The Kier molecular flexibility index (Phi) is 3.40. The molecule has 0 bridgehead atoms. The summed E-state index contributed by atoms with van der Waals surface area (Å²) >= 11 is 0. The third-order valence-corrected chi connectivity index (χ3v) is 5.15. The van der Waals surface area contributed by atoms with Gasteiger partial charge in [-0.25, -0.2) is 0 Å². The Morgan fingerprint density at radius 3 is 2.42 bits per heavy atom. The molecule has 1 aliphatic heterocycles. The van der Waals surface area contributed by atoms with Crippen molar-refractivity contribution in [2.75, 3.05) is 0 Å². The minimum atomic E-state index is -0.734. The van der Waals surface area contributed by atoms with Gasteiger partial charge in [0.15, 0.2) is 0 Å². The maximum atomic E-state index is 12.8. The van der Waals surface area contributed by atoms with Gasteiger partial charge in [-0.1, -0.05) is 27.2 Å². The molecule has 0 aromatic rings. The molecule has 2 rings (SSSR count). The van der Waals surface area contributed by atoms with E-state index in [1.54, 1.807) is 0 Å². The van der Waals surface area contributed by atoms with E-state index >= 15 is 0 Å². The van der Waals surface area contributed by atoms with E-state index in [0.717, 1.165) is 19.3 Å². The molecule has 0 aromatic heterocycles. The molecule has 108 valence electrons. The van der Waals surface area contributed by atoms with Crippen LogP contribution in [0.4, 0.5) is 0 Å². The van der Waals surface area contributed by atoms with Gasteiger partial charge in [-0.15, -0.1) is 0 Å². The lowest BCUT2D eigenvalue weighted by atomic mass is 9.82. The van der Waals surface area contributed by atoms with Crippen LogP contribution in [0.5, 0.6) is 0 Å². The first kappa shape index (κ1) is 14.4. The lowest BCUT2D eigenvalue weighted by Gasteiger charge is -2.48. The summed E-state index contributed by atoms with van der Waals surface area (Å²) in [4.78, 5) is 26.9. The third-order valence-electron chi connectivity index (χ3n) is 5.15. The van der Waals surface area contributed by atoms with Crippen LogP contribution in [-0.2, 0) is 9.59 Å². The van der Waals surface area contributed by atoms with Crippen LogP contribution in [0.2, 0.25) is 0 Å². The van der Waals surface area contributed by atoms with Crippen LogP contribution in [0, 0.1) is 5.41 Å². The van der Waals surface area contributed by atoms with Crippen molar-refractivity contribution in [3.8, 4) is 0 Å². The van der Waals surface area contributed by atoms with Crippen LogP contribution in [0.3, 0.4) is 0 Å². The molecule has 1 saturated carbocycles. The molecule has 2 aliphatic rings. The van der Waals surface area contributed by atoms with E-state index in [1.807, 2.05) is 25.7 Å². The zero-order chi connectivity index (χ0) is 14.4. The molecule has 1 N–H and O–H groups in total. The monoisotopic (exact) mass is 266 g/mol. The smallest absolute Gasteiger partial charge is 0.248 e. The fourth-order valence-electron chi connectivity index (χ4n) is 3.49. The highest BCUT2D eigenvalue weighted by Crippen LogP contribution is 2.42. The summed E-state index contributed by atoms with van der Waals surface area (Å²) < 4.78 is 0. The predicted octanol–water partition coefficient (Wildman–Crippen LogP) is 2.08. The second kappa shape index (κ2) is 4.50. The second-order valence-corrected chi connectivity index (χ2v) is 6.96. The largest absolute Gasteiger partial charge is 0.340 e. The number of carbonyl (C=O) groups is 2. The van der Waals surface area contributed by atoms with Gasteiger partial charge in [0.1, 0.15) is 11.6 Å². The maximum Gasteiger partial charge on any atom is 0.248 e. The summed E-state index contributed by atoms with van der Waals surface area (Å²) in [5.41, 5.74) is -0.627. The van der Waals surface area contributed by atoms with Crippen LogP contribution >= 0.6 is 0 Å². The van der Waals surface area contributed by atoms with Crippen LogP contribution in [0.15, 0.2) is 0 Å². The number of amides is 2. The fourth-order valence-corrected chi connectivity index (χ4v) is 3.49. The van der Waals surface area contributed by atoms with E-state index in [-0.39, 0.29) is 29.3 Å². The third kappa shape index (κ3) is 2.15. The highest BCUT2D eigenvalue weighted by atomic mass is 16.2. The second-order valence-electron chi connectivity index (χ2n) is 6.96. The first-order valence-electron chi connectivity index (χ1n) is 7.38. The summed E-state index contributed by atoms with van der Waals surface area (Å²) in [6.07, 6.45) is 3.90. The van der Waals surface area contributed by atoms with Crippen molar-refractivity contribution < 1.29 is 9.59 Å². The Morgan fingerprint density at radius 2 is 1.95 bits per heavy atom. The van der Waals surface area contributed by atoms with Gasteiger partial charge in [-0.2, -0.15) is 0 Å². The molecule has 0 radical (unpaired) electrons. The van der Waals surface area contributed by atoms with Crippen LogP contribution < -0.4 is 5.32 Å². The molecule has 4 nitrogen and oxygen atoms in total.